The highest BCUT2D eigenvalue weighted by Crippen LogP contribution is 2.22. The molecule has 0 aromatic heterocycles. The molecule has 1 N–H and O–H groups in total. The Morgan fingerprint density at radius 3 is 2.07 bits per heavy atom. The molecular weight excluding hydrogens is 186 g/mol. The lowest BCUT2D eigenvalue weighted by Crippen LogP contribution is -2.37. The summed E-state index contributed by atoms with van der Waals surface area (Å²) in [4.78, 5) is 0. The highest BCUT2D eigenvalue weighted by atomic mass is 16.5. The zero-order valence-corrected chi connectivity index (χ0v) is 11.6. The Kier molecular flexibility index (Phi) is 6.46. The zero-order chi connectivity index (χ0) is 12.1. The quantitative estimate of drug-likeness (QED) is 0.704. The Balaban J connectivity index is 4.11. The average molecular weight is 215 g/mol. The Morgan fingerprint density at radius 1 is 1.20 bits per heavy atom. The van der Waals surface area contributed by atoms with Crippen LogP contribution in [0.4, 0.5) is 0 Å². The molecule has 0 aromatic carbocycles. The van der Waals surface area contributed by atoms with Gasteiger partial charge in [0.25, 0.3) is 0 Å². The van der Waals surface area contributed by atoms with Crippen LogP contribution in [0.15, 0.2) is 0 Å². The first kappa shape index (κ1) is 14.9. The normalized spacial score (nSPS) is 16.8. The van der Waals surface area contributed by atoms with Gasteiger partial charge in [-0.25, -0.2) is 0 Å². The summed E-state index contributed by atoms with van der Waals surface area (Å²) in [7, 11) is 3.85. The molecule has 2 unspecified atom stereocenters. The van der Waals surface area contributed by atoms with E-state index in [1.54, 1.807) is 7.11 Å². The minimum Gasteiger partial charge on any atom is -0.379 e. The fourth-order valence-corrected chi connectivity index (χ4v) is 1.74. The lowest BCUT2D eigenvalue weighted by molar-refractivity contribution is 0.00996. The van der Waals surface area contributed by atoms with E-state index in [4.69, 9.17) is 4.74 Å². The molecule has 15 heavy (non-hydrogen) atoms. The number of methoxy groups -OCH3 is 1. The summed E-state index contributed by atoms with van der Waals surface area (Å²) in [5.74, 6) is 1.44. The summed E-state index contributed by atoms with van der Waals surface area (Å²) >= 11 is 0. The van der Waals surface area contributed by atoms with Crippen LogP contribution < -0.4 is 5.32 Å². The minimum atomic E-state index is 0.00575. The molecule has 0 saturated carbocycles. The molecular formula is C13H29NO. The van der Waals surface area contributed by atoms with Crippen molar-refractivity contribution in [3.63, 3.8) is 0 Å². The van der Waals surface area contributed by atoms with Crippen molar-refractivity contribution in [1.82, 2.24) is 5.32 Å². The number of hydrogen-bond acceptors (Lipinski definition) is 2. The van der Waals surface area contributed by atoms with Gasteiger partial charge in [0.2, 0.25) is 0 Å². The fraction of sp³-hybridized carbons (Fsp3) is 1.00. The largest absolute Gasteiger partial charge is 0.379 e. The third-order valence-corrected chi connectivity index (χ3v) is 3.67. The van der Waals surface area contributed by atoms with E-state index in [0.29, 0.717) is 12.0 Å². The molecule has 0 amide bonds. The van der Waals surface area contributed by atoms with Crippen LogP contribution in [-0.4, -0.2) is 25.8 Å². The van der Waals surface area contributed by atoms with Crippen LogP contribution in [0.25, 0.3) is 0 Å². The summed E-state index contributed by atoms with van der Waals surface area (Å²) in [6, 6.07) is 0.597. The van der Waals surface area contributed by atoms with Gasteiger partial charge in [0, 0.05) is 13.2 Å². The van der Waals surface area contributed by atoms with Crippen molar-refractivity contribution in [3.05, 3.63) is 0 Å². The van der Waals surface area contributed by atoms with Crippen LogP contribution in [0.1, 0.15) is 47.5 Å². The van der Waals surface area contributed by atoms with Gasteiger partial charge in [-0.2, -0.15) is 0 Å². The predicted octanol–water partition coefficient (Wildman–Crippen LogP) is 3.07. The van der Waals surface area contributed by atoms with E-state index in [1.165, 1.54) is 6.42 Å². The molecule has 0 bridgehead atoms. The van der Waals surface area contributed by atoms with Crippen molar-refractivity contribution < 1.29 is 4.74 Å². The lowest BCUT2D eigenvalue weighted by Gasteiger charge is -2.30. The highest BCUT2D eigenvalue weighted by molar-refractivity contribution is 4.78. The van der Waals surface area contributed by atoms with Gasteiger partial charge in [-0.05, 0) is 45.6 Å². The minimum absolute atomic E-state index is 0.00575. The van der Waals surface area contributed by atoms with Crippen LogP contribution >= 0.6 is 0 Å². The lowest BCUT2D eigenvalue weighted by atomic mass is 9.85. The van der Waals surface area contributed by atoms with Gasteiger partial charge >= 0.3 is 0 Å². The molecule has 92 valence electrons. The number of rotatable bonds is 7. The SMILES string of the molecule is CNC(CCC(C)(C)OC)C(C)C(C)C. The van der Waals surface area contributed by atoms with Crippen molar-refractivity contribution in [1.29, 1.82) is 0 Å². The molecule has 0 spiro atoms. The molecule has 0 fully saturated rings. The second kappa shape index (κ2) is 6.49. The summed E-state index contributed by atoms with van der Waals surface area (Å²) < 4.78 is 5.45. The Morgan fingerprint density at radius 2 is 1.73 bits per heavy atom. The molecule has 0 aromatic rings. The molecule has 2 nitrogen and oxygen atoms in total. The molecule has 2 heteroatoms. The second-order valence-corrected chi connectivity index (χ2v) is 5.50. The van der Waals surface area contributed by atoms with Crippen LogP contribution in [0.3, 0.4) is 0 Å². The van der Waals surface area contributed by atoms with Crippen molar-refractivity contribution in [2.24, 2.45) is 11.8 Å². The number of nitrogens with one attached hydrogen (secondary N) is 1. The van der Waals surface area contributed by atoms with Crippen molar-refractivity contribution >= 4 is 0 Å². The van der Waals surface area contributed by atoms with Gasteiger partial charge in [0.05, 0.1) is 5.60 Å². The number of ether oxygens (including phenoxy) is 1. The van der Waals surface area contributed by atoms with E-state index in [0.717, 1.165) is 12.3 Å². The van der Waals surface area contributed by atoms with E-state index in [9.17, 15) is 0 Å². The third-order valence-electron chi connectivity index (χ3n) is 3.67. The molecule has 0 saturated heterocycles. The fourth-order valence-electron chi connectivity index (χ4n) is 1.74. The molecule has 2 atom stereocenters. The third kappa shape index (κ3) is 5.53. The molecule has 0 heterocycles. The standard InChI is InChI=1S/C13H29NO/c1-10(2)11(3)12(14-6)8-9-13(4,5)15-7/h10-12,14H,8-9H2,1-7H3. The van der Waals surface area contributed by atoms with Crippen LogP contribution in [-0.2, 0) is 4.74 Å². The summed E-state index contributed by atoms with van der Waals surface area (Å²) in [5, 5.41) is 3.42. The molecule has 0 aliphatic heterocycles. The Labute approximate surface area is 95.8 Å². The first-order valence-corrected chi connectivity index (χ1v) is 6.06. The number of hydrogen-bond donors (Lipinski definition) is 1. The summed E-state index contributed by atoms with van der Waals surface area (Å²) in [6.45, 7) is 11.2. The average Bonchev–Trinajstić information content (AvgIpc) is 2.18. The van der Waals surface area contributed by atoms with Gasteiger partial charge in [-0.1, -0.05) is 20.8 Å². The van der Waals surface area contributed by atoms with Gasteiger partial charge in [-0.15, -0.1) is 0 Å². The van der Waals surface area contributed by atoms with E-state index in [1.807, 2.05) is 0 Å². The van der Waals surface area contributed by atoms with Crippen molar-refractivity contribution in [2.45, 2.75) is 59.1 Å². The van der Waals surface area contributed by atoms with Gasteiger partial charge in [0.15, 0.2) is 0 Å². The van der Waals surface area contributed by atoms with Crippen LogP contribution in [0, 0.1) is 11.8 Å². The zero-order valence-electron chi connectivity index (χ0n) is 11.6. The van der Waals surface area contributed by atoms with E-state index < -0.39 is 0 Å². The predicted molar refractivity (Wildman–Crippen MR) is 67.2 cm³/mol. The molecule has 0 aliphatic rings. The summed E-state index contributed by atoms with van der Waals surface area (Å²) in [6.07, 6.45) is 2.28. The first-order chi connectivity index (χ1) is 6.84. The topological polar surface area (TPSA) is 21.3 Å². The summed E-state index contributed by atoms with van der Waals surface area (Å²) in [5.41, 5.74) is 0.00575. The van der Waals surface area contributed by atoms with Gasteiger partial charge in [-0.3, -0.25) is 0 Å². The smallest absolute Gasteiger partial charge is 0.0623 e. The van der Waals surface area contributed by atoms with Gasteiger partial charge < -0.3 is 10.1 Å². The van der Waals surface area contributed by atoms with E-state index >= 15 is 0 Å². The molecule has 0 aliphatic carbocycles. The Hall–Kier alpha value is -0.0800. The maximum Gasteiger partial charge on any atom is 0.0623 e. The van der Waals surface area contributed by atoms with Crippen molar-refractivity contribution in [2.75, 3.05) is 14.2 Å². The van der Waals surface area contributed by atoms with Crippen LogP contribution in [0.2, 0.25) is 0 Å². The Bertz CT molecular complexity index is 166. The maximum atomic E-state index is 5.45. The van der Waals surface area contributed by atoms with Crippen molar-refractivity contribution in [3.8, 4) is 0 Å². The second-order valence-electron chi connectivity index (χ2n) is 5.50. The van der Waals surface area contributed by atoms with Gasteiger partial charge in [0.1, 0.15) is 0 Å². The van der Waals surface area contributed by atoms with E-state index in [2.05, 4.69) is 47.0 Å². The monoisotopic (exact) mass is 215 g/mol. The first-order valence-electron chi connectivity index (χ1n) is 6.06. The molecule has 0 radical (unpaired) electrons. The maximum absolute atomic E-state index is 5.45. The van der Waals surface area contributed by atoms with E-state index in [-0.39, 0.29) is 5.60 Å². The highest BCUT2D eigenvalue weighted by Gasteiger charge is 2.23. The molecule has 0 rings (SSSR count). The van der Waals surface area contributed by atoms with Crippen LogP contribution in [0.5, 0.6) is 0 Å².